The summed E-state index contributed by atoms with van der Waals surface area (Å²) < 4.78 is 5.39. The van der Waals surface area contributed by atoms with Crippen LogP contribution in [-0.2, 0) is 9.53 Å². The minimum absolute atomic E-state index is 0.00287. The highest BCUT2D eigenvalue weighted by Gasteiger charge is 2.38. The van der Waals surface area contributed by atoms with Crippen LogP contribution in [0.1, 0.15) is 52.4 Å². The molecule has 0 amide bonds. The molecule has 1 fully saturated rings. The summed E-state index contributed by atoms with van der Waals surface area (Å²) in [6.07, 6.45) is 5.84. The summed E-state index contributed by atoms with van der Waals surface area (Å²) in [5.41, 5.74) is -0.0828. The summed E-state index contributed by atoms with van der Waals surface area (Å²) in [5.74, 6) is -0.00287. The van der Waals surface area contributed by atoms with Gasteiger partial charge in [0.05, 0.1) is 0 Å². The zero-order chi connectivity index (χ0) is 9.03. The Balaban J connectivity index is 2.54. The molecular weight excluding hydrogens is 152 g/mol. The van der Waals surface area contributed by atoms with Crippen LogP contribution >= 0.6 is 0 Å². The lowest BCUT2D eigenvalue weighted by molar-refractivity contribution is -0.149. The molecule has 1 aliphatic rings. The first kappa shape index (κ1) is 9.56. The Labute approximate surface area is 74.3 Å². The molecule has 0 radical (unpaired) electrons. The van der Waals surface area contributed by atoms with Crippen molar-refractivity contribution in [3.05, 3.63) is 0 Å². The van der Waals surface area contributed by atoms with E-state index < -0.39 is 0 Å². The number of rotatable bonds is 4. The van der Waals surface area contributed by atoms with Crippen LogP contribution in [0.25, 0.3) is 0 Å². The molecule has 0 unspecified atom stereocenters. The maximum Gasteiger partial charge on any atom is 0.306 e. The molecular formula is C10H18O2. The molecule has 2 nitrogen and oxygen atoms in total. The van der Waals surface area contributed by atoms with Gasteiger partial charge in [0.15, 0.2) is 0 Å². The molecule has 0 aromatic heterocycles. The van der Waals surface area contributed by atoms with E-state index >= 15 is 0 Å². The van der Waals surface area contributed by atoms with Crippen LogP contribution in [0.2, 0.25) is 0 Å². The van der Waals surface area contributed by atoms with Crippen molar-refractivity contribution in [2.75, 3.05) is 0 Å². The average molecular weight is 170 g/mol. The van der Waals surface area contributed by atoms with E-state index in [0.717, 1.165) is 32.1 Å². The van der Waals surface area contributed by atoms with E-state index in [2.05, 4.69) is 13.8 Å². The molecule has 0 bridgehead atoms. The molecule has 1 rings (SSSR count). The van der Waals surface area contributed by atoms with E-state index in [1.165, 1.54) is 0 Å². The molecule has 1 saturated heterocycles. The third-order valence-electron chi connectivity index (χ3n) is 2.53. The molecule has 70 valence electrons. The maximum absolute atomic E-state index is 11.0. The molecule has 0 N–H and O–H groups in total. The van der Waals surface area contributed by atoms with Crippen molar-refractivity contribution < 1.29 is 9.53 Å². The number of hydrogen-bond acceptors (Lipinski definition) is 2. The van der Waals surface area contributed by atoms with Crippen molar-refractivity contribution in [1.82, 2.24) is 0 Å². The van der Waals surface area contributed by atoms with Gasteiger partial charge in [0.1, 0.15) is 5.60 Å². The minimum Gasteiger partial charge on any atom is -0.459 e. The van der Waals surface area contributed by atoms with E-state index in [0.29, 0.717) is 6.42 Å². The van der Waals surface area contributed by atoms with Gasteiger partial charge in [-0.2, -0.15) is 0 Å². The molecule has 1 aliphatic heterocycles. The molecule has 12 heavy (non-hydrogen) atoms. The van der Waals surface area contributed by atoms with Gasteiger partial charge < -0.3 is 4.74 Å². The number of esters is 1. The monoisotopic (exact) mass is 170 g/mol. The SMILES string of the molecule is CCCC1(CCC)CCC(=O)O1. The summed E-state index contributed by atoms with van der Waals surface area (Å²) in [7, 11) is 0. The maximum atomic E-state index is 11.0. The lowest BCUT2D eigenvalue weighted by Gasteiger charge is -2.26. The Bertz CT molecular complexity index is 157. The Morgan fingerprint density at radius 2 is 1.92 bits per heavy atom. The molecule has 2 heteroatoms. The van der Waals surface area contributed by atoms with Crippen molar-refractivity contribution in [2.45, 2.75) is 58.0 Å². The van der Waals surface area contributed by atoms with Gasteiger partial charge in [-0.3, -0.25) is 4.79 Å². The standard InChI is InChI=1S/C10H18O2/c1-3-6-10(7-4-2)8-5-9(11)12-10/h3-8H2,1-2H3. The second kappa shape index (κ2) is 3.92. The van der Waals surface area contributed by atoms with Crippen LogP contribution in [0.3, 0.4) is 0 Å². The van der Waals surface area contributed by atoms with Crippen molar-refractivity contribution in [3.8, 4) is 0 Å². The normalized spacial score (nSPS) is 21.0. The van der Waals surface area contributed by atoms with Gasteiger partial charge in [0.2, 0.25) is 0 Å². The van der Waals surface area contributed by atoms with Gasteiger partial charge in [0.25, 0.3) is 0 Å². The molecule has 0 atom stereocenters. The van der Waals surface area contributed by atoms with Crippen LogP contribution in [0.4, 0.5) is 0 Å². The zero-order valence-electron chi connectivity index (χ0n) is 8.06. The Morgan fingerprint density at radius 3 is 2.25 bits per heavy atom. The summed E-state index contributed by atoms with van der Waals surface area (Å²) in [6.45, 7) is 4.28. The number of hydrogen-bond donors (Lipinski definition) is 0. The summed E-state index contributed by atoms with van der Waals surface area (Å²) in [6, 6.07) is 0. The fourth-order valence-corrected chi connectivity index (χ4v) is 2.06. The Kier molecular flexibility index (Phi) is 3.12. The quantitative estimate of drug-likeness (QED) is 0.606. The van der Waals surface area contributed by atoms with Gasteiger partial charge in [0, 0.05) is 6.42 Å². The topological polar surface area (TPSA) is 26.3 Å². The van der Waals surface area contributed by atoms with E-state index in [4.69, 9.17) is 4.74 Å². The lowest BCUT2D eigenvalue weighted by atomic mass is 9.90. The Hall–Kier alpha value is -0.530. The van der Waals surface area contributed by atoms with Gasteiger partial charge in [-0.15, -0.1) is 0 Å². The fourth-order valence-electron chi connectivity index (χ4n) is 2.06. The first-order valence-electron chi connectivity index (χ1n) is 4.94. The van der Waals surface area contributed by atoms with Gasteiger partial charge in [-0.1, -0.05) is 26.7 Å². The van der Waals surface area contributed by atoms with Gasteiger partial charge in [-0.25, -0.2) is 0 Å². The predicted octanol–water partition coefficient (Wildman–Crippen LogP) is 2.66. The second-order valence-corrected chi connectivity index (χ2v) is 3.66. The molecule has 0 aromatic carbocycles. The molecule has 0 aromatic rings. The average Bonchev–Trinajstić information content (AvgIpc) is 2.34. The predicted molar refractivity (Wildman–Crippen MR) is 47.9 cm³/mol. The highest BCUT2D eigenvalue weighted by Crippen LogP contribution is 2.35. The molecule has 0 spiro atoms. The summed E-state index contributed by atoms with van der Waals surface area (Å²) in [5, 5.41) is 0. The van der Waals surface area contributed by atoms with Crippen molar-refractivity contribution in [1.29, 1.82) is 0 Å². The van der Waals surface area contributed by atoms with E-state index in [9.17, 15) is 4.79 Å². The van der Waals surface area contributed by atoms with Crippen LogP contribution in [-0.4, -0.2) is 11.6 Å². The first-order valence-corrected chi connectivity index (χ1v) is 4.94. The largest absolute Gasteiger partial charge is 0.459 e. The first-order chi connectivity index (χ1) is 5.72. The molecule has 0 aliphatic carbocycles. The number of carbonyl (C=O) groups excluding carboxylic acids is 1. The number of cyclic esters (lactones) is 1. The zero-order valence-corrected chi connectivity index (χ0v) is 8.06. The molecule has 1 heterocycles. The lowest BCUT2D eigenvalue weighted by Crippen LogP contribution is -2.27. The van der Waals surface area contributed by atoms with Crippen LogP contribution in [0.5, 0.6) is 0 Å². The van der Waals surface area contributed by atoms with Crippen LogP contribution in [0.15, 0.2) is 0 Å². The van der Waals surface area contributed by atoms with E-state index in [-0.39, 0.29) is 11.6 Å². The Morgan fingerprint density at radius 1 is 1.33 bits per heavy atom. The van der Waals surface area contributed by atoms with E-state index in [1.54, 1.807) is 0 Å². The van der Waals surface area contributed by atoms with Crippen LogP contribution < -0.4 is 0 Å². The van der Waals surface area contributed by atoms with Gasteiger partial charge in [-0.05, 0) is 19.3 Å². The van der Waals surface area contributed by atoms with Crippen molar-refractivity contribution >= 4 is 5.97 Å². The van der Waals surface area contributed by atoms with Crippen molar-refractivity contribution in [2.24, 2.45) is 0 Å². The number of ether oxygens (including phenoxy) is 1. The summed E-state index contributed by atoms with van der Waals surface area (Å²) in [4.78, 5) is 11.0. The third kappa shape index (κ3) is 1.99. The highest BCUT2D eigenvalue weighted by atomic mass is 16.6. The number of carbonyl (C=O) groups is 1. The summed E-state index contributed by atoms with van der Waals surface area (Å²) >= 11 is 0. The van der Waals surface area contributed by atoms with E-state index in [1.807, 2.05) is 0 Å². The smallest absolute Gasteiger partial charge is 0.306 e. The van der Waals surface area contributed by atoms with Gasteiger partial charge >= 0.3 is 5.97 Å². The highest BCUT2D eigenvalue weighted by molar-refractivity contribution is 5.72. The van der Waals surface area contributed by atoms with Crippen LogP contribution in [0, 0.1) is 0 Å². The second-order valence-electron chi connectivity index (χ2n) is 3.66. The molecule has 0 saturated carbocycles. The fraction of sp³-hybridized carbons (Fsp3) is 0.900. The minimum atomic E-state index is -0.0828. The third-order valence-corrected chi connectivity index (χ3v) is 2.53. The van der Waals surface area contributed by atoms with Crippen molar-refractivity contribution in [3.63, 3.8) is 0 Å².